The number of nitrogens with one attached hydrogen (secondary N) is 1. The van der Waals surface area contributed by atoms with Crippen LogP contribution in [0, 0.1) is 6.92 Å². The van der Waals surface area contributed by atoms with E-state index in [9.17, 15) is 4.79 Å². The predicted molar refractivity (Wildman–Crippen MR) is 95.9 cm³/mol. The predicted octanol–water partition coefficient (Wildman–Crippen LogP) is 4.25. The van der Waals surface area contributed by atoms with Crippen molar-refractivity contribution in [2.24, 2.45) is 0 Å². The Kier molecular flexibility index (Phi) is 5.46. The van der Waals surface area contributed by atoms with Crippen LogP contribution in [-0.4, -0.2) is 17.7 Å². The summed E-state index contributed by atoms with van der Waals surface area (Å²) in [5.41, 5.74) is 2.66. The topological polar surface area (TPSA) is 64.4 Å². The Labute approximate surface area is 146 Å². The summed E-state index contributed by atoms with van der Waals surface area (Å²) >= 11 is 0. The third kappa shape index (κ3) is 4.94. The Morgan fingerprint density at radius 3 is 2.56 bits per heavy atom. The number of hydrogen-bond acceptors (Lipinski definition) is 4. The van der Waals surface area contributed by atoms with Crippen molar-refractivity contribution in [1.82, 2.24) is 5.16 Å². The van der Waals surface area contributed by atoms with E-state index >= 15 is 0 Å². The summed E-state index contributed by atoms with van der Waals surface area (Å²) in [4.78, 5) is 12.0. The summed E-state index contributed by atoms with van der Waals surface area (Å²) in [5.74, 6) is 0.650. The number of carbonyl (C=O) groups excluding carboxylic acids is 1. The first-order chi connectivity index (χ1) is 12.2. The molecule has 0 saturated carbocycles. The van der Waals surface area contributed by atoms with Crippen LogP contribution in [0.5, 0.6) is 5.75 Å². The van der Waals surface area contributed by atoms with Gasteiger partial charge in [0.1, 0.15) is 5.75 Å². The molecule has 0 aliphatic carbocycles. The summed E-state index contributed by atoms with van der Waals surface area (Å²) in [6, 6.07) is 19.2. The van der Waals surface area contributed by atoms with Gasteiger partial charge in [-0.05, 0) is 49.6 Å². The van der Waals surface area contributed by atoms with Gasteiger partial charge in [0, 0.05) is 11.8 Å². The minimum atomic E-state index is -0.322. The molecule has 1 amide bonds. The third-order valence-corrected chi connectivity index (χ3v) is 3.69. The zero-order chi connectivity index (χ0) is 17.5. The minimum Gasteiger partial charge on any atom is -0.494 e. The number of amides is 1. The first kappa shape index (κ1) is 16.8. The van der Waals surface area contributed by atoms with Gasteiger partial charge < -0.3 is 14.6 Å². The molecule has 0 spiro atoms. The first-order valence-corrected chi connectivity index (χ1v) is 8.22. The van der Waals surface area contributed by atoms with Crippen LogP contribution in [0.15, 0.2) is 65.2 Å². The van der Waals surface area contributed by atoms with Crippen LogP contribution in [0.3, 0.4) is 0 Å². The molecule has 0 atom stereocenters. The van der Waals surface area contributed by atoms with Crippen LogP contribution in [0.1, 0.15) is 28.2 Å². The zero-order valence-electron chi connectivity index (χ0n) is 14.1. The molecular weight excluding hydrogens is 316 g/mol. The quantitative estimate of drug-likeness (QED) is 0.655. The fourth-order valence-corrected chi connectivity index (χ4v) is 2.41. The van der Waals surface area contributed by atoms with Gasteiger partial charge in [-0.2, -0.15) is 0 Å². The van der Waals surface area contributed by atoms with E-state index in [1.54, 1.807) is 25.1 Å². The maximum Gasteiger partial charge on any atom is 0.294 e. The molecule has 3 rings (SSSR count). The Morgan fingerprint density at radius 2 is 1.88 bits per heavy atom. The lowest BCUT2D eigenvalue weighted by atomic mass is 10.1. The van der Waals surface area contributed by atoms with Crippen molar-refractivity contribution >= 4 is 11.6 Å². The van der Waals surface area contributed by atoms with E-state index in [4.69, 9.17) is 9.26 Å². The highest BCUT2D eigenvalue weighted by Gasteiger charge is 2.11. The van der Waals surface area contributed by atoms with E-state index in [2.05, 4.69) is 22.6 Å². The van der Waals surface area contributed by atoms with Crippen molar-refractivity contribution in [3.8, 4) is 5.75 Å². The molecule has 2 aromatic carbocycles. The summed E-state index contributed by atoms with van der Waals surface area (Å²) < 4.78 is 10.7. The average Bonchev–Trinajstić information content (AvgIpc) is 3.08. The fourth-order valence-electron chi connectivity index (χ4n) is 2.41. The van der Waals surface area contributed by atoms with E-state index in [1.807, 2.05) is 30.3 Å². The highest BCUT2D eigenvalue weighted by molar-refractivity contribution is 6.02. The smallest absolute Gasteiger partial charge is 0.294 e. The maximum atomic E-state index is 12.0. The largest absolute Gasteiger partial charge is 0.494 e. The van der Waals surface area contributed by atoms with Gasteiger partial charge in [-0.3, -0.25) is 4.79 Å². The lowest BCUT2D eigenvalue weighted by Crippen LogP contribution is -2.10. The Morgan fingerprint density at radius 1 is 1.12 bits per heavy atom. The second-order valence-electron chi connectivity index (χ2n) is 5.75. The molecule has 1 heterocycles. The second kappa shape index (κ2) is 8.15. The third-order valence-electron chi connectivity index (χ3n) is 3.69. The zero-order valence-corrected chi connectivity index (χ0v) is 14.1. The van der Waals surface area contributed by atoms with Gasteiger partial charge in [0.05, 0.1) is 12.3 Å². The average molecular weight is 336 g/mol. The maximum absolute atomic E-state index is 12.0. The van der Waals surface area contributed by atoms with Crippen molar-refractivity contribution in [1.29, 1.82) is 0 Å². The summed E-state index contributed by atoms with van der Waals surface area (Å²) in [5, 5.41) is 6.46. The van der Waals surface area contributed by atoms with Gasteiger partial charge in [-0.1, -0.05) is 35.5 Å². The molecule has 0 aliphatic rings. The summed E-state index contributed by atoms with van der Waals surface area (Å²) in [6.07, 6.45) is 1.94. The molecule has 1 aromatic heterocycles. The molecule has 5 heteroatoms. The molecule has 1 N–H and O–H groups in total. The number of benzene rings is 2. The number of carbonyl (C=O) groups is 1. The molecule has 0 fully saturated rings. The highest BCUT2D eigenvalue weighted by atomic mass is 16.5. The molecule has 5 nitrogen and oxygen atoms in total. The molecule has 0 saturated heterocycles. The number of hydrogen-bond donors (Lipinski definition) is 1. The normalized spacial score (nSPS) is 10.4. The summed E-state index contributed by atoms with van der Waals surface area (Å²) in [7, 11) is 0. The van der Waals surface area contributed by atoms with E-state index in [-0.39, 0.29) is 11.7 Å². The Balaban J connectivity index is 1.44. The monoisotopic (exact) mass is 336 g/mol. The molecule has 0 radical (unpaired) electrons. The van der Waals surface area contributed by atoms with Crippen molar-refractivity contribution in [2.45, 2.75) is 19.8 Å². The van der Waals surface area contributed by atoms with E-state index in [0.29, 0.717) is 18.0 Å². The van der Waals surface area contributed by atoms with Crippen LogP contribution < -0.4 is 10.1 Å². The van der Waals surface area contributed by atoms with Gasteiger partial charge in [-0.25, -0.2) is 0 Å². The van der Waals surface area contributed by atoms with Crippen LogP contribution >= 0.6 is 0 Å². The van der Waals surface area contributed by atoms with Gasteiger partial charge in [-0.15, -0.1) is 0 Å². The highest BCUT2D eigenvalue weighted by Crippen LogP contribution is 2.17. The molecule has 3 aromatic rings. The SMILES string of the molecule is Cc1cc(C(=O)Nc2ccc(OCCCc3ccccc3)cc2)on1. The lowest BCUT2D eigenvalue weighted by Gasteiger charge is -2.08. The number of anilines is 1. The number of nitrogens with zero attached hydrogens (tertiary/aromatic N) is 1. The standard InChI is InChI=1S/C20H20N2O3/c1-15-14-19(25-22-15)20(23)21-17-9-11-18(12-10-17)24-13-5-8-16-6-3-2-4-7-16/h2-4,6-7,9-12,14H,5,8,13H2,1H3,(H,21,23). The number of aryl methyl sites for hydroxylation is 2. The van der Waals surface area contributed by atoms with Crippen molar-refractivity contribution in [3.63, 3.8) is 0 Å². The lowest BCUT2D eigenvalue weighted by molar-refractivity contribution is 0.0988. The molecule has 0 aliphatic heterocycles. The molecule has 128 valence electrons. The minimum absolute atomic E-state index is 0.193. The molecule has 0 bridgehead atoms. The molecular formula is C20H20N2O3. The number of ether oxygens (including phenoxy) is 1. The Bertz CT molecular complexity index is 810. The second-order valence-corrected chi connectivity index (χ2v) is 5.75. The van der Waals surface area contributed by atoms with E-state index in [1.165, 1.54) is 5.56 Å². The van der Waals surface area contributed by atoms with Crippen molar-refractivity contribution in [3.05, 3.63) is 77.7 Å². The number of rotatable bonds is 7. The first-order valence-electron chi connectivity index (χ1n) is 8.22. The van der Waals surface area contributed by atoms with E-state index < -0.39 is 0 Å². The van der Waals surface area contributed by atoms with Crippen molar-refractivity contribution in [2.75, 3.05) is 11.9 Å². The molecule has 25 heavy (non-hydrogen) atoms. The van der Waals surface area contributed by atoms with Crippen LogP contribution in [0.4, 0.5) is 5.69 Å². The molecule has 0 unspecified atom stereocenters. The summed E-state index contributed by atoms with van der Waals surface area (Å²) in [6.45, 7) is 2.42. The fraction of sp³-hybridized carbons (Fsp3) is 0.200. The van der Waals surface area contributed by atoms with Crippen molar-refractivity contribution < 1.29 is 14.1 Å². The van der Waals surface area contributed by atoms with E-state index in [0.717, 1.165) is 18.6 Å². The van der Waals surface area contributed by atoms with Gasteiger partial charge in [0.15, 0.2) is 0 Å². The van der Waals surface area contributed by atoms with Gasteiger partial charge in [0.25, 0.3) is 5.91 Å². The van der Waals surface area contributed by atoms with Gasteiger partial charge >= 0.3 is 0 Å². The van der Waals surface area contributed by atoms with Crippen LogP contribution in [-0.2, 0) is 6.42 Å². The van der Waals surface area contributed by atoms with Gasteiger partial charge in [0.2, 0.25) is 5.76 Å². The Hall–Kier alpha value is -3.08. The van der Waals surface area contributed by atoms with Crippen LogP contribution in [0.2, 0.25) is 0 Å². The number of aromatic nitrogens is 1. The van der Waals surface area contributed by atoms with Crippen LogP contribution in [0.25, 0.3) is 0 Å².